The highest BCUT2D eigenvalue weighted by Crippen LogP contribution is 2.35. The van der Waals surface area contributed by atoms with Crippen LogP contribution < -0.4 is 10.5 Å². The number of aromatic nitrogens is 2. The highest BCUT2D eigenvalue weighted by Gasteiger charge is 2.09. The zero-order valence-electron chi connectivity index (χ0n) is 9.95. The molecule has 5 heteroatoms. The maximum Gasteiger partial charge on any atom is 0.157 e. The Morgan fingerprint density at radius 2 is 1.84 bits per heavy atom. The molecule has 0 spiro atoms. The van der Waals surface area contributed by atoms with Gasteiger partial charge in [0.15, 0.2) is 11.5 Å². The lowest BCUT2D eigenvalue weighted by molar-refractivity contribution is 0.461. The molecule has 19 heavy (non-hydrogen) atoms. The lowest BCUT2D eigenvalue weighted by Gasteiger charge is -2.10. The van der Waals surface area contributed by atoms with Gasteiger partial charge in [-0.3, -0.25) is 0 Å². The summed E-state index contributed by atoms with van der Waals surface area (Å²) < 4.78 is 5.72. The topological polar surface area (TPSA) is 81.3 Å². The molecule has 0 bridgehead atoms. The molecule has 94 valence electrons. The summed E-state index contributed by atoms with van der Waals surface area (Å²) in [4.78, 5) is 0. The van der Waals surface area contributed by atoms with Gasteiger partial charge in [0.05, 0.1) is 11.7 Å². The monoisotopic (exact) mass is 253 g/mol. The van der Waals surface area contributed by atoms with Gasteiger partial charge in [0.2, 0.25) is 0 Å². The molecule has 0 saturated carbocycles. The second kappa shape index (κ2) is 4.45. The van der Waals surface area contributed by atoms with Gasteiger partial charge in [0, 0.05) is 5.39 Å². The molecule has 5 nitrogen and oxygen atoms in total. The number of anilines is 1. The molecule has 0 aliphatic carbocycles. The highest BCUT2D eigenvalue weighted by molar-refractivity contribution is 5.84. The molecule has 2 aromatic carbocycles. The normalized spacial score (nSPS) is 10.5. The predicted molar refractivity (Wildman–Crippen MR) is 72.1 cm³/mol. The van der Waals surface area contributed by atoms with Crippen molar-refractivity contribution in [1.29, 1.82) is 0 Å². The van der Waals surface area contributed by atoms with Crippen molar-refractivity contribution >= 4 is 16.6 Å². The maximum absolute atomic E-state index is 9.56. The van der Waals surface area contributed by atoms with Gasteiger partial charge in [-0.15, -0.1) is 0 Å². The minimum absolute atomic E-state index is 0.0104. The molecule has 0 aliphatic rings. The molecule has 1 aromatic heterocycles. The quantitative estimate of drug-likeness (QED) is 0.542. The SMILES string of the molecule is Nc1c(O)cccc1Oc1cnnc2ccccc12. The lowest BCUT2D eigenvalue weighted by atomic mass is 10.2. The summed E-state index contributed by atoms with van der Waals surface area (Å²) in [6.07, 6.45) is 1.52. The Morgan fingerprint density at radius 3 is 2.74 bits per heavy atom. The average molecular weight is 253 g/mol. The van der Waals surface area contributed by atoms with Gasteiger partial charge in [0.25, 0.3) is 0 Å². The number of hydrogen-bond acceptors (Lipinski definition) is 5. The number of nitrogens with two attached hydrogens (primary N) is 1. The van der Waals surface area contributed by atoms with Gasteiger partial charge in [-0.05, 0) is 24.3 Å². The summed E-state index contributed by atoms with van der Waals surface area (Å²) in [5, 5.41) is 18.3. The second-order valence-electron chi connectivity index (χ2n) is 4.02. The Morgan fingerprint density at radius 1 is 1.00 bits per heavy atom. The van der Waals surface area contributed by atoms with Crippen LogP contribution in [0.5, 0.6) is 17.2 Å². The summed E-state index contributed by atoms with van der Waals surface area (Å²) >= 11 is 0. The Bertz CT molecular complexity index is 738. The van der Waals surface area contributed by atoms with Crippen molar-refractivity contribution in [3.63, 3.8) is 0 Å². The van der Waals surface area contributed by atoms with E-state index in [4.69, 9.17) is 10.5 Å². The number of hydrogen-bond donors (Lipinski definition) is 2. The van der Waals surface area contributed by atoms with Gasteiger partial charge in [-0.2, -0.15) is 10.2 Å². The number of phenolic OH excluding ortho intramolecular Hbond substituents is 1. The molecular weight excluding hydrogens is 242 g/mol. The number of phenols is 1. The largest absolute Gasteiger partial charge is 0.506 e. The Hall–Kier alpha value is -2.82. The van der Waals surface area contributed by atoms with Crippen LogP contribution >= 0.6 is 0 Å². The number of ether oxygens (including phenoxy) is 1. The van der Waals surface area contributed by atoms with Crippen molar-refractivity contribution in [2.45, 2.75) is 0 Å². The van der Waals surface area contributed by atoms with Gasteiger partial charge in [0.1, 0.15) is 11.4 Å². The van der Waals surface area contributed by atoms with E-state index in [0.717, 1.165) is 10.9 Å². The van der Waals surface area contributed by atoms with Crippen LogP contribution in [0.3, 0.4) is 0 Å². The van der Waals surface area contributed by atoms with Gasteiger partial charge in [-0.1, -0.05) is 18.2 Å². The minimum Gasteiger partial charge on any atom is -0.506 e. The van der Waals surface area contributed by atoms with Crippen molar-refractivity contribution in [2.24, 2.45) is 0 Å². The van der Waals surface area contributed by atoms with Crippen molar-refractivity contribution in [2.75, 3.05) is 5.73 Å². The second-order valence-corrected chi connectivity index (χ2v) is 4.02. The number of nitrogens with zero attached hydrogens (tertiary/aromatic N) is 2. The fraction of sp³-hybridized carbons (Fsp3) is 0. The lowest BCUT2D eigenvalue weighted by Crippen LogP contribution is -1.94. The molecule has 0 radical (unpaired) electrons. The third-order valence-corrected chi connectivity index (χ3v) is 2.77. The first-order valence-electron chi connectivity index (χ1n) is 5.71. The van der Waals surface area contributed by atoms with Crippen LogP contribution in [0.1, 0.15) is 0 Å². The van der Waals surface area contributed by atoms with E-state index in [1.165, 1.54) is 12.3 Å². The van der Waals surface area contributed by atoms with E-state index in [-0.39, 0.29) is 11.4 Å². The number of nitrogen functional groups attached to an aromatic ring is 1. The fourth-order valence-electron chi connectivity index (χ4n) is 1.80. The molecule has 0 aliphatic heterocycles. The molecule has 3 rings (SSSR count). The van der Waals surface area contributed by atoms with Gasteiger partial charge < -0.3 is 15.6 Å². The minimum atomic E-state index is -0.0104. The summed E-state index contributed by atoms with van der Waals surface area (Å²) in [6, 6.07) is 12.4. The molecule has 0 fully saturated rings. The Balaban J connectivity index is 2.09. The first-order valence-corrected chi connectivity index (χ1v) is 5.71. The molecule has 0 unspecified atom stereocenters. The third kappa shape index (κ3) is 2.01. The smallest absolute Gasteiger partial charge is 0.157 e. The maximum atomic E-state index is 9.56. The van der Waals surface area contributed by atoms with Gasteiger partial charge >= 0.3 is 0 Å². The predicted octanol–water partition coefficient (Wildman–Crippen LogP) is 2.71. The number of rotatable bonds is 2. The molecule has 0 saturated heterocycles. The molecule has 0 atom stereocenters. The van der Waals surface area contributed by atoms with Crippen molar-refractivity contribution in [3.8, 4) is 17.2 Å². The van der Waals surface area contributed by atoms with Crippen LogP contribution in [-0.4, -0.2) is 15.3 Å². The number of aromatic hydroxyl groups is 1. The summed E-state index contributed by atoms with van der Waals surface area (Å²) in [5.74, 6) is 0.921. The van der Waals surface area contributed by atoms with E-state index in [0.29, 0.717) is 11.5 Å². The van der Waals surface area contributed by atoms with E-state index in [2.05, 4.69) is 10.2 Å². The number of para-hydroxylation sites is 1. The van der Waals surface area contributed by atoms with Crippen molar-refractivity contribution in [3.05, 3.63) is 48.7 Å². The first kappa shape index (κ1) is 11.3. The van der Waals surface area contributed by atoms with E-state index >= 15 is 0 Å². The molecule has 3 N–H and O–H groups in total. The fourth-order valence-corrected chi connectivity index (χ4v) is 1.80. The van der Waals surface area contributed by atoms with Crippen molar-refractivity contribution < 1.29 is 9.84 Å². The van der Waals surface area contributed by atoms with E-state index < -0.39 is 0 Å². The van der Waals surface area contributed by atoms with E-state index in [1.807, 2.05) is 24.3 Å². The van der Waals surface area contributed by atoms with Crippen LogP contribution in [0, 0.1) is 0 Å². The zero-order valence-corrected chi connectivity index (χ0v) is 9.95. The van der Waals surface area contributed by atoms with Crippen molar-refractivity contribution in [1.82, 2.24) is 10.2 Å². The summed E-state index contributed by atoms with van der Waals surface area (Å²) in [7, 11) is 0. The van der Waals surface area contributed by atoms with Crippen LogP contribution in [-0.2, 0) is 0 Å². The number of fused-ring (bicyclic) bond motifs is 1. The van der Waals surface area contributed by atoms with Crippen LogP contribution in [0.15, 0.2) is 48.7 Å². The van der Waals surface area contributed by atoms with E-state index in [1.54, 1.807) is 12.1 Å². The standard InChI is InChI=1S/C14H11N3O2/c15-14-11(18)6-3-7-12(14)19-13-8-16-17-10-5-2-1-4-9(10)13/h1-8,18H,15H2. The third-order valence-electron chi connectivity index (χ3n) is 2.77. The summed E-state index contributed by atoms with van der Waals surface area (Å²) in [5.41, 5.74) is 6.70. The summed E-state index contributed by atoms with van der Waals surface area (Å²) in [6.45, 7) is 0. The molecule has 3 aromatic rings. The molecule has 0 amide bonds. The van der Waals surface area contributed by atoms with Gasteiger partial charge in [-0.25, -0.2) is 0 Å². The number of benzene rings is 2. The van der Waals surface area contributed by atoms with Crippen LogP contribution in [0.25, 0.3) is 10.9 Å². The van der Waals surface area contributed by atoms with Crippen LogP contribution in [0.2, 0.25) is 0 Å². The first-order chi connectivity index (χ1) is 9.25. The molecular formula is C14H11N3O2. The Labute approximate surface area is 109 Å². The Kier molecular flexibility index (Phi) is 2.64. The average Bonchev–Trinajstić information content (AvgIpc) is 2.44. The zero-order chi connectivity index (χ0) is 13.2. The molecule has 1 heterocycles. The van der Waals surface area contributed by atoms with Crippen LogP contribution in [0.4, 0.5) is 5.69 Å². The van der Waals surface area contributed by atoms with E-state index in [9.17, 15) is 5.11 Å². The highest BCUT2D eigenvalue weighted by atomic mass is 16.5.